The van der Waals surface area contributed by atoms with Gasteiger partial charge in [-0.2, -0.15) is 0 Å². The van der Waals surface area contributed by atoms with Crippen molar-refractivity contribution < 1.29 is 9.47 Å². The molecule has 1 aliphatic heterocycles. The summed E-state index contributed by atoms with van der Waals surface area (Å²) < 4.78 is 11.4. The van der Waals surface area contributed by atoms with Crippen molar-refractivity contribution in [2.24, 2.45) is 23.7 Å². The van der Waals surface area contributed by atoms with Crippen LogP contribution in [0.3, 0.4) is 0 Å². The molecule has 2 saturated carbocycles. The van der Waals surface area contributed by atoms with Crippen molar-refractivity contribution in [2.75, 3.05) is 13.2 Å². The van der Waals surface area contributed by atoms with E-state index in [1.54, 1.807) is 0 Å². The summed E-state index contributed by atoms with van der Waals surface area (Å²) in [7, 11) is 0. The van der Waals surface area contributed by atoms with Crippen LogP contribution in [0.5, 0.6) is 0 Å². The molecule has 0 aromatic rings. The van der Waals surface area contributed by atoms with Crippen molar-refractivity contribution >= 4 is 0 Å². The molecule has 1 saturated heterocycles. The summed E-state index contributed by atoms with van der Waals surface area (Å²) in [6.07, 6.45) is 18.5. The Morgan fingerprint density at radius 1 is 0.652 bits per heavy atom. The summed E-state index contributed by atoms with van der Waals surface area (Å²) in [4.78, 5) is 0. The van der Waals surface area contributed by atoms with Gasteiger partial charge in [0.15, 0.2) is 6.29 Å². The van der Waals surface area contributed by atoms with Crippen molar-refractivity contribution in [1.29, 1.82) is 0 Å². The highest BCUT2D eigenvalue weighted by molar-refractivity contribution is 4.82. The third-order valence-corrected chi connectivity index (χ3v) is 6.85. The molecule has 0 unspecified atom stereocenters. The predicted octanol–water partition coefficient (Wildman–Crippen LogP) is 5.94. The quantitative estimate of drug-likeness (QED) is 0.602. The molecular formula is C21H38O2. The molecule has 0 amide bonds. The highest BCUT2D eigenvalue weighted by atomic mass is 16.7. The summed E-state index contributed by atoms with van der Waals surface area (Å²) in [5, 5.41) is 0. The first-order chi connectivity index (χ1) is 11.3. The van der Waals surface area contributed by atoms with E-state index in [-0.39, 0.29) is 6.29 Å². The Kier molecular flexibility index (Phi) is 7.26. The number of hydrogen-bond donors (Lipinski definition) is 0. The Morgan fingerprint density at radius 3 is 1.70 bits per heavy atom. The Hall–Kier alpha value is -0.0800. The van der Waals surface area contributed by atoms with Gasteiger partial charge in [-0.1, -0.05) is 45.4 Å². The van der Waals surface area contributed by atoms with Gasteiger partial charge in [-0.3, -0.25) is 0 Å². The van der Waals surface area contributed by atoms with Crippen molar-refractivity contribution in [1.82, 2.24) is 0 Å². The SMILES string of the molecule is CCC[C@H]1CC[C@H](C2CCC(CCC3OCCCO3)CC2)CC1. The van der Waals surface area contributed by atoms with Crippen LogP contribution < -0.4 is 0 Å². The van der Waals surface area contributed by atoms with Gasteiger partial charge in [0.1, 0.15) is 0 Å². The fourth-order valence-corrected chi connectivity index (χ4v) is 5.38. The van der Waals surface area contributed by atoms with Crippen LogP contribution >= 0.6 is 0 Å². The van der Waals surface area contributed by atoms with E-state index in [0.717, 1.165) is 49.7 Å². The van der Waals surface area contributed by atoms with Gasteiger partial charge in [0.2, 0.25) is 0 Å². The molecule has 0 N–H and O–H groups in total. The van der Waals surface area contributed by atoms with Crippen molar-refractivity contribution in [3.05, 3.63) is 0 Å². The Labute approximate surface area is 143 Å². The molecule has 0 radical (unpaired) electrons. The molecule has 0 bridgehead atoms. The molecular weight excluding hydrogens is 284 g/mol. The Bertz CT molecular complexity index is 308. The molecule has 2 aliphatic carbocycles. The van der Waals surface area contributed by atoms with Gasteiger partial charge < -0.3 is 9.47 Å². The second-order valence-corrected chi connectivity index (χ2v) is 8.45. The second-order valence-electron chi connectivity index (χ2n) is 8.45. The zero-order valence-corrected chi connectivity index (χ0v) is 15.3. The normalized spacial score (nSPS) is 36.9. The van der Waals surface area contributed by atoms with Crippen LogP contribution in [0.4, 0.5) is 0 Å². The number of hydrogen-bond acceptors (Lipinski definition) is 2. The molecule has 0 aromatic carbocycles. The standard InChI is InChI=1S/C21H38O2/c1-2-4-17-5-10-19(11-6-17)20-12-7-18(8-13-20)9-14-21-22-15-3-16-23-21/h17-21H,2-16H2,1H3/t17-,18?,19-,20?. The van der Waals surface area contributed by atoms with Gasteiger partial charge in [-0.15, -0.1) is 0 Å². The van der Waals surface area contributed by atoms with Gasteiger partial charge in [0, 0.05) is 0 Å². The van der Waals surface area contributed by atoms with Gasteiger partial charge in [0.05, 0.1) is 13.2 Å². The summed E-state index contributed by atoms with van der Waals surface area (Å²) >= 11 is 0. The molecule has 1 heterocycles. The lowest BCUT2D eigenvalue weighted by Crippen LogP contribution is -2.28. The maximum atomic E-state index is 5.69. The molecule has 23 heavy (non-hydrogen) atoms. The van der Waals surface area contributed by atoms with E-state index in [1.165, 1.54) is 70.6 Å². The number of rotatable bonds is 6. The van der Waals surface area contributed by atoms with Crippen LogP contribution in [0.25, 0.3) is 0 Å². The fourth-order valence-electron chi connectivity index (χ4n) is 5.38. The second kappa shape index (κ2) is 9.42. The molecule has 3 rings (SSSR count). The lowest BCUT2D eigenvalue weighted by Gasteiger charge is -2.38. The predicted molar refractivity (Wildman–Crippen MR) is 95.3 cm³/mol. The summed E-state index contributed by atoms with van der Waals surface area (Å²) in [6.45, 7) is 4.15. The molecule has 0 spiro atoms. The average Bonchev–Trinajstić information content (AvgIpc) is 2.62. The first-order valence-electron chi connectivity index (χ1n) is 10.6. The lowest BCUT2D eigenvalue weighted by atomic mass is 9.68. The van der Waals surface area contributed by atoms with E-state index < -0.39 is 0 Å². The average molecular weight is 323 g/mol. The minimum atomic E-state index is 0.107. The van der Waals surface area contributed by atoms with Crippen molar-refractivity contribution in [3.63, 3.8) is 0 Å². The van der Waals surface area contributed by atoms with Crippen LogP contribution in [0.15, 0.2) is 0 Å². The van der Waals surface area contributed by atoms with Gasteiger partial charge in [0.25, 0.3) is 0 Å². The topological polar surface area (TPSA) is 18.5 Å². The van der Waals surface area contributed by atoms with E-state index >= 15 is 0 Å². The molecule has 0 aromatic heterocycles. The molecule has 2 heteroatoms. The molecule has 3 fully saturated rings. The minimum Gasteiger partial charge on any atom is -0.353 e. The fraction of sp³-hybridized carbons (Fsp3) is 1.00. The first-order valence-corrected chi connectivity index (χ1v) is 10.6. The summed E-state index contributed by atoms with van der Waals surface area (Å²) in [6, 6.07) is 0. The third kappa shape index (κ3) is 5.46. The van der Waals surface area contributed by atoms with E-state index in [9.17, 15) is 0 Å². The van der Waals surface area contributed by atoms with Crippen molar-refractivity contribution in [3.8, 4) is 0 Å². The first kappa shape index (κ1) is 17.7. The Morgan fingerprint density at radius 2 is 1.17 bits per heavy atom. The van der Waals surface area contributed by atoms with E-state index in [4.69, 9.17) is 9.47 Å². The van der Waals surface area contributed by atoms with E-state index in [0.29, 0.717) is 0 Å². The van der Waals surface area contributed by atoms with Crippen LogP contribution in [0.2, 0.25) is 0 Å². The highest BCUT2D eigenvalue weighted by Gasteiger charge is 2.30. The van der Waals surface area contributed by atoms with Gasteiger partial charge >= 0.3 is 0 Å². The summed E-state index contributed by atoms with van der Waals surface area (Å²) in [5.41, 5.74) is 0. The number of ether oxygens (including phenoxy) is 2. The van der Waals surface area contributed by atoms with Gasteiger partial charge in [-0.25, -0.2) is 0 Å². The van der Waals surface area contributed by atoms with Crippen LogP contribution in [-0.4, -0.2) is 19.5 Å². The molecule has 3 aliphatic rings. The van der Waals surface area contributed by atoms with Crippen LogP contribution in [0.1, 0.15) is 90.4 Å². The van der Waals surface area contributed by atoms with Crippen LogP contribution in [-0.2, 0) is 9.47 Å². The third-order valence-electron chi connectivity index (χ3n) is 6.85. The molecule has 2 nitrogen and oxygen atoms in total. The smallest absolute Gasteiger partial charge is 0.157 e. The largest absolute Gasteiger partial charge is 0.353 e. The molecule has 134 valence electrons. The highest BCUT2D eigenvalue weighted by Crippen LogP contribution is 2.43. The van der Waals surface area contributed by atoms with Crippen LogP contribution in [0, 0.1) is 23.7 Å². The zero-order chi connectivity index (χ0) is 15.9. The Balaban J connectivity index is 1.31. The maximum absolute atomic E-state index is 5.69. The van der Waals surface area contributed by atoms with Crippen molar-refractivity contribution in [2.45, 2.75) is 96.7 Å². The summed E-state index contributed by atoms with van der Waals surface area (Å²) in [5.74, 6) is 4.12. The molecule has 0 atom stereocenters. The monoisotopic (exact) mass is 322 g/mol. The lowest BCUT2D eigenvalue weighted by molar-refractivity contribution is -0.183. The minimum absolute atomic E-state index is 0.107. The zero-order valence-electron chi connectivity index (χ0n) is 15.3. The maximum Gasteiger partial charge on any atom is 0.157 e. The van der Waals surface area contributed by atoms with E-state index in [1.807, 2.05) is 0 Å². The van der Waals surface area contributed by atoms with E-state index in [2.05, 4.69) is 6.92 Å². The van der Waals surface area contributed by atoms with Gasteiger partial charge in [-0.05, 0) is 68.6 Å².